The fourth-order valence-corrected chi connectivity index (χ4v) is 5.39. The van der Waals surface area contributed by atoms with E-state index in [1.807, 2.05) is 0 Å². The third-order valence-corrected chi connectivity index (χ3v) is 7.59. The molecule has 2 aromatic rings. The number of methoxy groups -OCH3 is 1. The van der Waals surface area contributed by atoms with Gasteiger partial charge in [0.2, 0.25) is 10.0 Å². The largest absolute Gasteiger partial charge is 0.496 e. The Hall–Kier alpha value is -2.91. The predicted molar refractivity (Wildman–Crippen MR) is 125 cm³/mol. The van der Waals surface area contributed by atoms with Crippen LogP contribution in [-0.4, -0.2) is 51.4 Å². The second-order valence-corrected chi connectivity index (χ2v) is 9.77. The van der Waals surface area contributed by atoms with E-state index in [4.69, 9.17) is 9.47 Å². The van der Waals surface area contributed by atoms with Crippen molar-refractivity contribution in [1.29, 1.82) is 0 Å². The lowest BCUT2D eigenvalue weighted by molar-refractivity contribution is 0.0525. The van der Waals surface area contributed by atoms with Gasteiger partial charge in [-0.05, 0) is 62.6 Å². The van der Waals surface area contributed by atoms with Crippen LogP contribution in [0.15, 0.2) is 41.3 Å². The Morgan fingerprint density at radius 1 is 1.03 bits per heavy atom. The van der Waals surface area contributed by atoms with Gasteiger partial charge in [0.15, 0.2) is 0 Å². The monoisotopic (exact) mass is 474 g/mol. The van der Waals surface area contributed by atoms with Crippen LogP contribution in [0.25, 0.3) is 0 Å². The van der Waals surface area contributed by atoms with E-state index in [1.165, 1.54) is 29.6 Å². The molecule has 0 bridgehead atoms. The fourth-order valence-electron chi connectivity index (χ4n) is 3.85. The zero-order valence-electron chi connectivity index (χ0n) is 19.2. The van der Waals surface area contributed by atoms with Crippen molar-refractivity contribution in [3.63, 3.8) is 0 Å². The second-order valence-electron chi connectivity index (χ2n) is 7.83. The van der Waals surface area contributed by atoms with Crippen molar-refractivity contribution in [3.05, 3.63) is 53.1 Å². The summed E-state index contributed by atoms with van der Waals surface area (Å²) < 4.78 is 38.3. The number of ether oxygens (including phenoxy) is 2. The number of amides is 1. The van der Waals surface area contributed by atoms with Crippen molar-refractivity contribution in [3.8, 4) is 5.75 Å². The van der Waals surface area contributed by atoms with Crippen molar-refractivity contribution >= 4 is 27.6 Å². The van der Waals surface area contributed by atoms with Crippen LogP contribution in [0.5, 0.6) is 5.75 Å². The zero-order chi connectivity index (χ0) is 24.0. The van der Waals surface area contributed by atoms with Gasteiger partial charge in [-0.1, -0.05) is 18.9 Å². The van der Waals surface area contributed by atoms with Crippen LogP contribution < -0.4 is 10.1 Å². The summed E-state index contributed by atoms with van der Waals surface area (Å²) in [5, 5.41) is 2.77. The lowest BCUT2D eigenvalue weighted by Gasteiger charge is -2.21. The Balaban J connectivity index is 1.92. The molecule has 0 aromatic heterocycles. The number of rotatable bonds is 7. The first-order chi connectivity index (χ1) is 15.8. The summed E-state index contributed by atoms with van der Waals surface area (Å²) >= 11 is 0. The van der Waals surface area contributed by atoms with E-state index in [1.54, 1.807) is 32.0 Å². The Labute approximate surface area is 194 Å². The van der Waals surface area contributed by atoms with Gasteiger partial charge in [-0.25, -0.2) is 13.2 Å². The van der Waals surface area contributed by atoms with Gasteiger partial charge in [0.1, 0.15) is 5.75 Å². The van der Waals surface area contributed by atoms with Crippen LogP contribution in [0.2, 0.25) is 0 Å². The molecule has 0 saturated carbocycles. The molecule has 0 radical (unpaired) electrons. The molecule has 0 spiro atoms. The highest BCUT2D eigenvalue weighted by molar-refractivity contribution is 7.89. The van der Waals surface area contributed by atoms with Crippen molar-refractivity contribution in [1.82, 2.24) is 4.31 Å². The highest BCUT2D eigenvalue weighted by Gasteiger charge is 2.27. The molecule has 8 nitrogen and oxygen atoms in total. The molecule has 3 rings (SSSR count). The van der Waals surface area contributed by atoms with Gasteiger partial charge in [0.25, 0.3) is 5.91 Å². The minimum absolute atomic E-state index is 0.0485. The average Bonchev–Trinajstić information content (AvgIpc) is 3.10. The molecule has 1 aliphatic heterocycles. The van der Waals surface area contributed by atoms with Crippen LogP contribution in [0, 0.1) is 6.92 Å². The van der Waals surface area contributed by atoms with Crippen LogP contribution in [0.4, 0.5) is 5.69 Å². The van der Waals surface area contributed by atoms with E-state index in [0.717, 1.165) is 25.7 Å². The molecule has 1 N–H and O–H groups in total. The molecule has 1 saturated heterocycles. The summed E-state index contributed by atoms with van der Waals surface area (Å²) in [6, 6.07) is 9.23. The van der Waals surface area contributed by atoms with Crippen LogP contribution in [-0.2, 0) is 14.8 Å². The smallest absolute Gasteiger partial charge is 0.338 e. The minimum Gasteiger partial charge on any atom is -0.496 e. The maximum Gasteiger partial charge on any atom is 0.338 e. The van der Waals surface area contributed by atoms with Crippen LogP contribution in [0.1, 0.15) is 58.9 Å². The van der Waals surface area contributed by atoms with Gasteiger partial charge in [-0.15, -0.1) is 0 Å². The van der Waals surface area contributed by atoms with E-state index in [2.05, 4.69) is 5.32 Å². The SMILES string of the molecule is CCOC(=O)c1cccc(NC(=O)c2cc(S(=O)(=O)N3CCCCCC3)ccc2OC)c1C. The van der Waals surface area contributed by atoms with E-state index < -0.39 is 21.9 Å². The van der Waals surface area contributed by atoms with Crippen molar-refractivity contribution in [2.45, 2.75) is 44.4 Å². The molecule has 1 heterocycles. The Morgan fingerprint density at radius 2 is 1.73 bits per heavy atom. The van der Waals surface area contributed by atoms with Gasteiger partial charge in [0.05, 0.1) is 29.7 Å². The number of hydrogen-bond acceptors (Lipinski definition) is 6. The Bertz CT molecular complexity index is 1120. The number of carbonyl (C=O) groups is 2. The first-order valence-electron chi connectivity index (χ1n) is 11.1. The quantitative estimate of drug-likeness (QED) is 0.609. The van der Waals surface area contributed by atoms with Gasteiger partial charge in [-0.2, -0.15) is 4.31 Å². The molecule has 1 aliphatic rings. The topological polar surface area (TPSA) is 102 Å². The van der Waals surface area contributed by atoms with Crippen molar-refractivity contribution in [2.75, 3.05) is 32.1 Å². The predicted octanol–water partition coefficient (Wildman–Crippen LogP) is 4.00. The number of esters is 1. The molecule has 33 heavy (non-hydrogen) atoms. The highest BCUT2D eigenvalue weighted by Crippen LogP contribution is 2.28. The molecular formula is C24H30N2O6S. The van der Waals surface area contributed by atoms with E-state index in [0.29, 0.717) is 29.9 Å². The Kier molecular flexibility index (Phi) is 8.10. The summed E-state index contributed by atoms with van der Waals surface area (Å²) in [5.74, 6) is -0.764. The van der Waals surface area contributed by atoms with Crippen LogP contribution >= 0.6 is 0 Å². The summed E-state index contributed by atoms with van der Waals surface area (Å²) in [4.78, 5) is 25.4. The number of nitrogens with zero attached hydrogens (tertiary/aromatic N) is 1. The molecule has 2 aromatic carbocycles. The highest BCUT2D eigenvalue weighted by atomic mass is 32.2. The van der Waals surface area contributed by atoms with Gasteiger partial charge in [0, 0.05) is 18.8 Å². The molecule has 0 aliphatic carbocycles. The molecule has 9 heteroatoms. The summed E-state index contributed by atoms with van der Waals surface area (Å²) in [6.07, 6.45) is 3.65. The average molecular weight is 475 g/mol. The van der Waals surface area contributed by atoms with Gasteiger partial charge >= 0.3 is 5.97 Å². The standard InChI is InChI=1S/C24H30N2O6S/c1-4-32-24(28)19-10-9-11-21(17(19)2)25-23(27)20-16-18(12-13-22(20)31-3)33(29,30)26-14-7-5-6-8-15-26/h9-13,16H,4-8,14-15H2,1-3H3,(H,25,27). The van der Waals surface area contributed by atoms with E-state index in [9.17, 15) is 18.0 Å². The van der Waals surface area contributed by atoms with Gasteiger partial charge < -0.3 is 14.8 Å². The summed E-state index contributed by atoms with van der Waals surface area (Å²) in [5.41, 5.74) is 1.42. The number of benzene rings is 2. The maximum absolute atomic E-state index is 13.2. The second kappa shape index (κ2) is 10.8. The minimum atomic E-state index is -3.74. The molecule has 1 amide bonds. The number of nitrogens with one attached hydrogen (secondary N) is 1. The third kappa shape index (κ3) is 5.54. The third-order valence-electron chi connectivity index (χ3n) is 5.70. The van der Waals surface area contributed by atoms with Crippen molar-refractivity contribution in [2.24, 2.45) is 0 Å². The zero-order valence-corrected chi connectivity index (χ0v) is 20.0. The summed E-state index contributed by atoms with van der Waals surface area (Å²) in [6.45, 7) is 4.60. The lowest BCUT2D eigenvalue weighted by atomic mass is 10.1. The maximum atomic E-state index is 13.2. The van der Waals surface area contributed by atoms with E-state index >= 15 is 0 Å². The molecule has 178 valence electrons. The normalized spacial score (nSPS) is 14.9. The molecule has 0 unspecified atom stereocenters. The number of hydrogen-bond donors (Lipinski definition) is 1. The van der Waals surface area contributed by atoms with Crippen LogP contribution in [0.3, 0.4) is 0 Å². The number of carbonyl (C=O) groups excluding carboxylic acids is 2. The molecule has 1 fully saturated rings. The number of anilines is 1. The Morgan fingerprint density at radius 3 is 2.36 bits per heavy atom. The summed E-state index contributed by atoms with van der Waals surface area (Å²) in [7, 11) is -2.32. The van der Waals surface area contributed by atoms with Crippen molar-refractivity contribution < 1.29 is 27.5 Å². The first-order valence-corrected chi connectivity index (χ1v) is 12.5. The molecule has 0 atom stereocenters. The van der Waals surface area contributed by atoms with E-state index in [-0.39, 0.29) is 22.8 Å². The number of sulfonamides is 1. The lowest BCUT2D eigenvalue weighted by Crippen LogP contribution is -2.32. The fraction of sp³-hybridized carbons (Fsp3) is 0.417. The molecular weight excluding hydrogens is 444 g/mol. The first kappa shape index (κ1) is 24.7. The van der Waals surface area contributed by atoms with Gasteiger partial charge in [-0.3, -0.25) is 4.79 Å².